The number of β-amino-alcohol motifs (C(OH)–C–C–N with tert-alkyl or cyclic N) is 1. The number of aryl methyl sites for hydroxylation is 1. The van der Waals surface area contributed by atoms with E-state index >= 15 is 0 Å². The van der Waals surface area contributed by atoms with Crippen LogP contribution in [0.25, 0.3) is 0 Å². The fraction of sp³-hybridized carbons (Fsp3) is 0.429. The van der Waals surface area contributed by atoms with Crippen LogP contribution in [-0.4, -0.2) is 51.7 Å². The molecule has 6 heteroatoms. The third-order valence-corrected chi connectivity index (χ3v) is 3.52. The van der Waals surface area contributed by atoms with Crippen LogP contribution >= 0.6 is 0 Å². The van der Waals surface area contributed by atoms with Gasteiger partial charge >= 0.3 is 0 Å². The number of nitrogens with two attached hydrogens (primary N) is 1. The van der Waals surface area contributed by atoms with Crippen molar-refractivity contribution in [2.45, 2.75) is 31.1 Å². The van der Waals surface area contributed by atoms with Gasteiger partial charge in [0.1, 0.15) is 12.1 Å². The number of amides is 2. The number of aliphatic hydroxyl groups is 2. The van der Waals surface area contributed by atoms with Crippen LogP contribution in [0.2, 0.25) is 0 Å². The standard InChI is InChI=1S/C14H18N2O4/c15-14(20)12-13(19)10(17)8-16(12)11(18)7-6-9-4-2-1-3-5-9/h1-5,10,12-13,17,19H,6-8H2,(H2,15,20)/t10-,12?,13-/m0/s1. The zero-order valence-corrected chi connectivity index (χ0v) is 11.0. The Morgan fingerprint density at radius 3 is 2.50 bits per heavy atom. The highest BCUT2D eigenvalue weighted by Gasteiger charge is 2.45. The maximum Gasteiger partial charge on any atom is 0.243 e. The van der Waals surface area contributed by atoms with Gasteiger partial charge in [0.15, 0.2) is 0 Å². The number of benzene rings is 1. The number of likely N-dealkylation sites (tertiary alicyclic amines) is 1. The number of nitrogens with zero attached hydrogens (tertiary/aromatic N) is 1. The van der Waals surface area contributed by atoms with E-state index in [0.29, 0.717) is 6.42 Å². The highest BCUT2D eigenvalue weighted by atomic mass is 16.3. The molecule has 2 rings (SSSR count). The molecule has 0 spiro atoms. The van der Waals surface area contributed by atoms with Crippen molar-refractivity contribution >= 4 is 11.8 Å². The topological polar surface area (TPSA) is 104 Å². The van der Waals surface area contributed by atoms with Crippen LogP contribution in [0, 0.1) is 0 Å². The summed E-state index contributed by atoms with van der Waals surface area (Å²) in [5.41, 5.74) is 6.19. The van der Waals surface area contributed by atoms with Crippen molar-refractivity contribution in [2.24, 2.45) is 5.73 Å². The first-order chi connectivity index (χ1) is 9.50. The van der Waals surface area contributed by atoms with Crippen molar-refractivity contribution in [3.8, 4) is 0 Å². The summed E-state index contributed by atoms with van der Waals surface area (Å²) in [5, 5.41) is 19.3. The van der Waals surface area contributed by atoms with E-state index in [4.69, 9.17) is 5.73 Å². The van der Waals surface area contributed by atoms with Gasteiger partial charge in [0, 0.05) is 6.42 Å². The number of carbonyl (C=O) groups excluding carboxylic acids is 2. The predicted molar refractivity (Wildman–Crippen MR) is 71.5 cm³/mol. The normalized spacial score (nSPS) is 25.7. The molecular weight excluding hydrogens is 260 g/mol. The van der Waals surface area contributed by atoms with E-state index in [2.05, 4.69) is 0 Å². The number of hydrogen-bond acceptors (Lipinski definition) is 4. The van der Waals surface area contributed by atoms with Gasteiger partial charge in [0.05, 0.1) is 12.6 Å². The van der Waals surface area contributed by atoms with Gasteiger partial charge in [-0.25, -0.2) is 0 Å². The Labute approximate surface area is 116 Å². The Bertz CT molecular complexity index is 491. The summed E-state index contributed by atoms with van der Waals surface area (Å²) in [5.74, 6) is -1.10. The van der Waals surface area contributed by atoms with Crippen molar-refractivity contribution in [3.05, 3.63) is 35.9 Å². The van der Waals surface area contributed by atoms with Crippen molar-refractivity contribution in [1.29, 1.82) is 0 Å². The summed E-state index contributed by atoms with van der Waals surface area (Å²) in [7, 11) is 0. The van der Waals surface area contributed by atoms with E-state index in [9.17, 15) is 19.8 Å². The Balaban J connectivity index is 1.99. The summed E-state index contributed by atoms with van der Waals surface area (Å²) in [4.78, 5) is 24.6. The van der Waals surface area contributed by atoms with Crippen LogP contribution in [0.15, 0.2) is 30.3 Å². The zero-order valence-electron chi connectivity index (χ0n) is 11.0. The summed E-state index contributed by atoms with van der Waals surface area (Å²) >= 11 is 0. The molecule has 1 aromatic carbocycles. The van der Waals surface area contributed by atoms with Gasteiger partial charge in [-0.1, -0.05) is 30.3 Å². The van der Waals surface area contributed by atoms with Crippen LogP contribution in [0.4, 0.5) is 0 Å². The van der Waals surface area contributed by atoms with Gasteiger partial charge < -0.3 is 20.8 Å². The van der Waals surface area contributed by atoms with Crippen LogP contribution in [0.5, 0.6) is 0 Å². The Morgan fingerprint density at radius 2 is 1.90 bits per heavy atom. The van der Waals surface area contributed by atoms with Crippen molar-refractivity contribution in [2.75, 3.05) is 6.54 Å². The minimum absolute atomic E-state index is 0.0671. The first-order valence-corrected chi connectivity index (χ1v) is 6.49. The number of aliphatic hydroxyl groups excluding tert-OH is 2. The van der Waals surface area contributed by atoms with Crippen LogP contribution in [0.3, 0.4) is 0 Å². The maximum atomic E-state index is 12.1. The molecule has 1 saturated heterocycles. The highest BCUT2D eigenvalue weighted by molar-refractivity contribution is 5.88. The van der Waals surface area contributed by atoms with E-state index in [0.717, 1.165) is 5.56 Å². The third kappa shape index (κ3) is 2.97. The molecule has 6 nitrogen and oxygen atoms in total. The minimum Gasteiger partial charge on any atom is -0.388 e. The van der Waals surface area contributed by atoms with Crippen molar-refractivity contribution in [3.63, 3.8) is 0 Å². The van der Waals surface area contributed by atoms with Crippen LogP contribution in [-0.2, 0) is 16.0 Å². The molecule has 108 valence electrons. The lowest BCUT2D eigenvalue weighted by Crippen LogP contribution is -2.48. The Morgan fingerprint density at radius 1 is 1.25 bits per heavy atom. The van der Waals surface area contributed by atoms with E-state index in [1.807, 2.05) is 30.3 Å². The summed E-state index contributed by atoms with van der Waals surface area (Å²) < 4.78 is 0. The number of hydrogen-bond donors (Lipinski definition) is 3. The Kier molecular flexibility index (Phi) is 4.36. The van der Waals surface area contributed by atoms with E-state index < -0.39 is 24.2 Å². The average Bonchev–Trinajstić information content (AvgIpc) is 2.73. The molecule has 0 saturated carbocycles. The molecular formula is C14H18N2O4. The summed E-state index contributed by atoms with van der Waals surface area (Å²) in [6.07, 6.45) is -1.71. The Hall–Kier alpha value is -1.92. The molecule has 0 bridgehead atoms. The predicted octanol–water partition coefficient (Wildman–Crippen LogP) is -0.963. The largest absolute Gasteiger partial charge is 0.388 e. The molecule has 20 heavy (non-hydrogen) atoms. The van der Waals surface area contributed by atoms with Crippen molar-refractivity contribution < 1.29 is 19.8 Å². The number of primary amides is 1. The second-order valence-corrected chi connectivity index (χ2v) is 4.94. The fourth-order valence-electron chi connectivity index (χ4n) is 2.44. The second-order valence-electron chi connectivity index (χ2n) is 4.94. The molecule has 0 radical (unpaired) electrons. The van der Waals surface area contributed by atoms with Crippen molar-refractivity contribution in [1.82, 2.24) is 4.90 Å². The van der Waals surface area contributed by atoms with Gasteiger partial charge in [-0.05, 0) is 12.0 Å². The second kappa shape index (κ2) is 6.02. The molecule has 1 aromatic rings. The number of carbonyl (C=O) groups is 2. The molecule has 1 heterocycles. The molecule has 0 aromatic heterocycles. The summed E-state index contributed by atoms with van der Waals surface area (Å²) in [6, 6.07) is 8.33. The highest BCUT2D eigenvalue weighted by Crippen LogP contribution is 2.20. The lowest BCUT2D eigenvalue weighted by molar-refractivity contribution is -0.139. The molecule has 0 aliphatic carbocycles. The molecule has 4 N–H and O–H groups in total. The van der Waals surface area contributed by atoms with Gasteiger partial charge in [-0.3, -0.25) is 9.59 Å². The van der Waals surface area contributed by atoms with Crippen LogP contribution < -0.4 is 5.73 Å². The zero-order chi connectivity index (χ0) is 14.7. The molecule has 2 amide bonds. The molecule has 1 fully saturated rings. The quantitative estimate of drug-likeness (QED) is 0.659. The van der Waals surface area contributed by atoms with Gasteiger partial charge in [0.2, 0.25) is 11.8 Å². The summed E-state index contributed by atoms with van der Waals surface area (Å²) in [6.45, 7) is -0.0671. The van der Waals surface area contributed by atoms with Crippen LogP contribution in [0.1, 0.15) is 12.0 Å². The lowest BCUT2D eigenvalue weighted by Gasteiger charge is -2.23. The lowest BCUT2D eigenvalue weighted by atomic mass is 10.1. The molecule has 1 aliphatic heterocycles. The number of rotatable bonds is 4. The van der Waals surface area contributed by atoms with Gasteiger partial charge in [-0.2, -0.15) is 0 Å². The monoisotopic (exact) mass is 278 g/mol. The molecule has 1 aliphatic rings. The average molecular weight is 278 g/mol. The third-order valence-electron chi connectivity index (χ3n) is 3.52. The van der Waals surface area contributed by atoms with E-state index in [1.54, 1.807) is 0 Å². The smallest absolute Gasteiger partial charge is 0.243 e. The van der Waals surface area contributed by atoms with Gasteiger partial charge in [-0.15, -0.1) is 0 Å². The first kappa shape index (κ1) is 14.5. The fourth-order valence-corrected chi connectivity index (χ4v) is 2.44. The first-order valence-electron chi connectivity index (χ1n) is 6.49. The molecule has 3 atom stereocenters. The van der Waals surface area contributed by atoms with E-state index in [-0.39, 0.29) is 18.9 Å². The van der Waals surface area contributed by atoms with Gasteiger partial charge in [0.25, 0.3) is 0 Å². The van der Waals surface area contributed by atoms with E-state index in [1.165, 1.54) is 4.90 Å². The SMILES string of the molecule is NC(=O)C1[C@@H](O)[C@@H](O)CN1C(=O)CCc1ccccc1. The molecule has 1 unspecified atom stereocenters. The maximum absolute atomic E-state index is 12.1. The minimum atomic E-state index is -1.31.